The molecule has 0 bridgehead atoms. The fourth-order valence-corrected chi connectivity index (χ4v) is 2.38. The lowest BCUT2D eigenvalue weighted by atomic mass is 10.2. The van der Waals surface area contributed by atoms with Gasteiger partial charge in [0.15, 0.2) is 0 Å². The van der Waals surface area contributed by atoms with Gasteiger partial charge in [0, 0.05) is 5.02 Å². The third-order valence-electron chi connectivity index (χ3n) is 3.33. The fraction of sp³-hybridized carbons (Fsp3) is 0.111. The van der Waals surface area contributed by atoms with Crippen LogP contribution in [-0.2, 0) is 13.2 Å². The van der Waals surface area contributed by atoms with Crippen molar-refractivity contribution in [2.24, 2.45) is 0 Å². The van der Waals surface area contributed by atoms with Crippen LogP contribution in [0.2, 0.25) is 5.02 Å². The van der Waals surface area contributed by atoms with E-state index < -0.39 is 0 Å². The molecule has 5 heteroatoms. The van der Waals surface area contributed by atoms with E-state index in [2.05, 4.69) is 4.98 Å². The molecule has 0 aliphatic carbocycles. The van der Waals surface area contributed by atoms with Gasteiger partial charge in [0.05, 0.1) is 12.6 Å². The smallest absolute Gasteiger partial charge is 0.257 e. The third kappa shape index (κ3) is 4.20. The maximum Gasteiger partial charge on any atom is 0.257 e. The van der Waals surface area contributed by atoms with Crippen molar-refractivity contribution in [3.63, 3.8) is 0 Å². The molecular weight excluding hydrogens is 312 g/mol. The highest BCUT2D eigenvalue weighted by molar-refractivity contribution is 6.30. The van der Waals surface area contributed by atoms with E-state index >= 15 is 0 Å². The molecule has 1 heterocycles. The molecule has 0 saturated heterocycles. The number of nitrogens with zero attached hydrogens (tertiary/aromatic N) is 2. The number of halogens is 1. The van der Waals surface area contributed by atoms with Crippen LogP contribution in [-0.4, -0.2) is 9.55 Å². The van der Waals surface area contributed by atoms with Crippen molar-refractivity contribution in [2.45, 2.75) is 13.2 Å². The molecule has 0 N–H and O–H groups in total. The zero-order valence-electron chi connectivity index (χ0n) is 12.4. The van der Waals surface area contributed by atoms with Crippen LogP contribution in [0, 0.1) is 0 Å². The summed E-state index contributed by atoms with van der Waals surface area (Å²) in [6, 6.07) is 18.5. The zero-order valence-corrected chi connectivity index (χ0v) is 13.1. The molecule has 0 atom stereocenters. The molecule has 23 heavy (non-hydrogen) atoms. The van der Waals surface area contributed by atoms with Crippen molar-refractivity contribution < 1.29 is 4.74 Å². The van der Waals surface area contributed by atoms with E-state index in [4.69, 9.17) is 16.3 Å². The van der Waals surface area contributed by atoms with E-state index in [0.717, 1.165) is 11.1 Å². The minimum atomic E-state index is -0.148. The van der Waals surface area contributed by atoms with Crippen molar-refractivity contribution in [3.8, 4) is 5.88 Å². The Morgan fingerprint density at radius 3 is 2.52 bits per heavy atom. The number of aromatic nitrogens is 2. The summed E-state index contributed by atoms with van der Waals surface area (Å²) in [6.07, 6.45) is 1.50. The Labute approximate surface area is 139 Å². The predicted molar refractivity (Wildman–Crippen MR) is 89.8 cm³/mol. The van der Waals surface area contributed by atoms with Gasteiger partial charge in [-0.2, -0.15) is 0 Å². The topological polar surface area (TPSA) is 44.1 Å². The van der Waals surface area contributed by atoms with Crippen LogP contribution in [0.25, 0.3) is 0 Å². The number of hydrogen-bond donors (Lipinski definition) is 0. The van der Waals surface area contributed by atoms with Crippen molar-refractivity contribution in [3.05, 3.63) is 93.5 Å². The molecule has 0 radical (unpaired) electrons. The number of ether oxygens (including phenoxy) is 1. The normalized spacial score (nSPS) is 10.5. The van der Waals surface area contributed by atoms with Gasteiger partial charge in [-0.25, -0.2) is 4.98 Å². The molecule has 1 aromatic heterocycles. The van der Waals surface area contributed by atoms with Crippen LogP contribution < -0.4 is 10.3 Å². The summed E-state index contributed by atoms with van der Waals surface area (Å²) in [5.41, 5.74) is 1.82. The number of rotatable bonds is 5. The second kappa shape index (κ2) is 7.11. The van der Waals surface area contributed by atoms with E-state index in [0.29, 0.717) is 24.1 Å². The SMILES string of the molecule is O=c1cc(OCc2cccc(Cl)c2)ncn1Cc1ccccc1. The van der Waals surface area contributed by atoms with Crippen LogP contribution in [0.4, 0.5) is 0 Å². The average molecular weight is 327 g/mol. The zero-order chi connectivity index (χ0) is 16.1. The molecular formula is C18H15ClN2O2. The molecule has 0 amide bonds. The van der Waals surface area contributed by atoms with Crippen LogP contribution in [0.1, 0.15) is 11.1 Å². The molecule has 0 aliphatic rings. The Kier molecular flexibility index (Phi) is 4.74. The van der Waals surface area contributed by atoms with E-state index in [1.165, 1.54) is 12.4 Å². The minimum absolute atomic E-state index is 0.148. The van der Waals surface area contributed by atoms with Crippen molar-refractivity contribution in [1.82, 2.24) is 9.55 Å². The lowest BCUT2D eigenvalue weighted by Gasteiger charge is -2.08. The maximum atomic E-state index is 12.1. The van der Waals surface area contributed by atoms with Crippen LogP contribution in [0.15, 0.2) is 71.8 Å². The van der Waals surface area contributed by atoms with E-state index in [1.807, 2.05) is 48.5 Å². The standard InChI is InChI=1S/C18H15ClN2O2/c19-16-8-4-7-15(9-16)12-23-17-10-18(22)21(13-20-17)11-14-5-2-1-3-6-14/h1-10,13H,11-12H2. The molecule has 3 aromatic rings. The molecule has 116 valence electrons. The third-order valence-corrected chi connectivity index (χ3v) is 3.56. The van der Waals surface area contributed by atoms with E-state index in [1.54, 1.807) is 10.6 Å². The molecule has 0 aliphatic heterocycles. The fourth-order valence-electron chi connectivity index (χ4n) is 2.17. The van der Waals surface area contributed by atoms with Gasteiger partial charge in [-0.15, -0.1) is 0 Å². The molecule has 0 unspecified atom stereocenters. The first-order chi connectivity index (χ1) is 11.2. The van der Waals surface area contributed by atoms with Gasteiger partial charge in [-0.3, -0.25) is 9.36 Å². The van der Waals surface area contributed by atoms with Crippen molar-refractivity contribution in [1.29, 1.82) is 0 Å². The van der Waals surface area contributed by atoms with Crippen molar-refractivity contribution in [2.75, 3.05) is 0 Å². The maximum absolute atomic E-state index is 12.1. The van der Waals surface area contributed by atoms with Crippen LogP contribution in [0.5, 0.6) is 5.88 Å². The second-order valence-corrected chi connectivity index (χ2v) is 5.53. The summed E-state index contributed by atoms with van der Waals surface area (Å²) < 4.78 is 7.09. The van der Waals surface area contributed by atoms with E-state index in [9.17, 15) is 4.79 Å². The average Bonchev–Trinajstić information content (AvgIpc) is 2.56. The first kappa shape index (κ1) is 15.3. The van der Waals surface area contributed by atoms with Gasteiger partial charge in [-0.1, -0.05) is 54.1 Å². The lowest BCUT2D eigenvalue weighted by molar-refractivity contribution is 0.291. The largest absolute Gasteiger partial charge is 0.473 e. The summed E-state index contributed by atoms with van der Waals surface area (Å²) in [4.78, 5) is 16.3. The highest BCUT2D eigenvalue weighted by Crippen LogP contribution is 2.12. The summed E-state index contributed by atoms with van der Waals surface area (Å²) in [7, 11) is 0. The van der Waals surface area contributed by atoms with Gasteiger partial charge in [0.2, 0.25) is 5.88 Å². The molecule has 3 rings (SSSR count). The van der Waals surface area contributed by atoms with Gasteiger partial charge in [-0.05, 0) is 23.3 Å². The highest BCUT2D eigenvalue weighted by Gasteiger charge is 2.03. The Hall–Kier alpha value is -2.59. The summed E-state index contributed by atoms with van der Waals surface area (Å²) in [5, 5.41) is 0.650. The quantitative estimate of drug-likeness (QED) is 0.720. The lowest BCUT2D eigenvalue weighted by Crippen LogP contribution is -2.20. The Balaban J connectivity index is 1.68. The summed E-state index contributed by atoms with van der Waals surface area (Å²) in [6.45, 7) is 0.803. The minimum Gasteiger partial charge on any atom is -0.473 e. The van der Waals surface area contributed by atoms with E-state index in [-0.39, 0.29) is 5.56 Å². The predicted octanol–water partition coefficient (Wildman–Crippen LogP) is 3.52. The summed E-state index contributed by atoms with van der Waals surface area (Å²) in [5.74, 6) is 0.305. The van der Waals surface area contributed by atoms with Crippen molar-refractivity contribution >= 4 is 11.6 Å². The first-order valence-corrected chi connectivity index (χ1v) is 7.56. The molecule has 0 saturated carbocycles. The van der Waals surface area contributed by atoms with Gasteiger partial charge in [0.25, 0.3) is 5.56 Å². The molecule has 0 spiro atoms. The summed E-state index contributed by atoms with van der Waals surface area (Å²) >= 11 is 5.93. The number of hydrogen-bond acceptors (Lipinski definition) is 3. The first-order valence-electron chi connectivity index (χ1n) is 7.18. The molecule has 2 aromatic carbocycles. The molecule has 0 fully saturated rings. The Morgan fingerprint density at radius 2 is 1.78 bits per heavy atom. The number of benzene rings is 2. The Bertz CT molecular complexity index is 847. The molecule has 4 nitrogen and oxygen atoms in total. The van der Waals surface area contributed by atoms with Gasteiger partial charge < -0.3 is 4.74 Å². The highest BCUT2D eigenvalue weighted by atomic mass is 35.5. The monoisotopic (exact) mass is 326 g/mol. The van der Waals surface area contributed by atoms with Gasteiger partial charge >= 0.3 is 0 Å². The Morgan fingerprint density at radius 1 is 1.00 bits per heavy atom. The van der Waals surface area contributed by atoms with Crippen LogP contribution >= 0.6 is 11.6 Å². The van der Waals surface area contributed by atoms with Crippen LogP contribution in [0.3, 0.4) is 0 Å². The van der Waals surface area contributed by atoms with Gasteiger partial charge in [0.1, 0.15) is 12.9 Å². The second-order valence-electron chi connectivity index (χ2n) is 5.10.